The Balaban J connectivity index is 4.06. The standard InChI is InChI=1S/C14H29N3O2/c1-6-17(13(18)9-8-12(2)3)14(19)15-10-7-11-16(4)5/h12H,6-11H2,1-5H3,(H,15,19). The van der Waals surface area contributed by atoms with Crippen molar-refractivity contribution < 1.29 is 9.59 Å². The quantitative estimate of drug-likeness (QED) is 0.686. The lowest BCUT2D eigenvalue weighted by atomic mass is 10.1. The van der Waals surface area contributed by atoms with Crippen LogP contribution in [0.4, 0.5) is 4.79 Å². The second kappa shape index (κ2) is 9.78. The lowest BCUT2D eigenvalue weighted by Gasteiger charge is -2.20. The van der Waals surface area contributed by atoms with Gasteiger partial charge in [0.25, 0.3) is 0 Å². The molecule has 0 aromatic heterocycles. The molecule has 0 aliphatic carbocycles. The van der Waals surface area contributed by atoms with Gasteiger partial charge in [-0.3, -0.25) is 9.69 Å². The molecule has 0 bridgehead atoms. The number of nitrogens with zero attached hydrogens (tertiary/aromatic N) is 2. The summed E-state index contributed by atoms with van der Waals surface area (Å²) >= 11 is 0. The summed E-state index contributed by atoms with van der Waals surface area (Å²) in [5.74, 6) is 0.395. The highest BCUT2D eigenvalue weighted by atomic mass is 16.2. The van der Waals surface area contributed by atoms with Gasteiger partial charge in [-0.2, -0.15) is 0 Å². The van der Waals surface area contributed by atoms with E-state index in [2.05, 4.69) is 24.1 Å². The van der Waals surface area contributed by atoms with Crippen LogP contribution in [0.1, 0.15) is 40.0 Å². The fourth-order valence-electron chi connectivity index (χ4n) is 1.67. The molecule has 0 atom stereocenters. The molecule has 1 N–H and O–H groups in total. The molecule has 0 aliphatic rings. The molecule has 0 saturated heterocycles. The second-order valence-corrected chi connectivity index (χ2v) is 5.46. The van der Waals surface area contributed by atoms with Gasteiger partial charge in [0.15, 0.2) is 0 Å². The highest BCUT2D eigenvalue weighted by molar-refractivity contribution is 5.94. The van der Waals surface area contributed by atoms with Gasteiger partial charge in [0.1, 0.15) is 0 Å². The van der Waals surface area contributed by atoms with Gasteiger partial charge in [-0.15, -0.1) is 0 Å². The predicted molar refractivity (Wildman–Crippen MR) is 78.0 cm³/mol. The third-order valence-electron chi connectivity index (χ3n) is 2.86. The molecular formula is C14H29N3O2. The van der Waals surface area contributed by atoms with Crippen molar-refractivity contribution in [1.82, 2.24) is 15.1 Å². The Morgan fingerprint density at radius 3 is 2.32 bits per heavy atom. The van der Waals surface area contributed by atoms with Crippen molar-refractivity contribution >= 4 is 11.9 Å². The molecule has 0 fully saturated rings. The van der Waals surface area contributed by atoms with Gasteiger partial charge in [-0.25, -0.2) is 4.79 Å². The Bertz CT molecular complexity index is 278. The number of carbonyl (C=O) groups excluding carboxylic acids is 2. The zero-order valence-corrected chi connectivity index (χ0v) is 13.0. The summed E-state index contributed by atoms with van der Waals surface area (Å²) in [6, 6.07) is -0.269. The van der Waals surface area contributed by atoms with E-state index in [-0.39, 0.29) is 11.9 Å². The largest absolute Gasteiger partial charge is 0.338 e. The van der Waals surface area contributed by atoms with Crippen LogP contribution < -0.4 is 5.32 Å². The number of imide groups is 1. The van der Waals surface area contributed by atoms with Crippen LogP contribution in [0.2, 0.25) is 0 Å². The SMILES string of the molecule is CCN(C(=O)CCC(C)C)C(=O)NCCCN(C)C. The minimum atomic E-state index is -0.269. The number of carbonyl (C=O) groups is 2. The molecule has 0 aromatic carbocycles. The molecule has 0 radical (unpaired) electrons. The van der Waals surface area contributed by atoms with E-state index in [1.54, 1.807) is 0 Å². The summed E-state index contributed by atoms with van der Waals surface area (Å²) in [7, 11) is 3.99. The third kappa shape index (κ3) is 8.59. The highest BCUT2D eigenvalue weighted by Crippen LogP contribution is 2.06. The van der Waals surface area contributed by atoms with Gasteiger partial charge in [0, 0.05) is 19.5 Å². The number of nitrogens with one attached hydrogen (secondary N) is 1. The summed E-state index contributed by atoms with van der Waals surface area (Å²) in [5, 5.41) is 2.80. The van der Waals surface area contributed by atoms with Gasteiger partial charge in [-0.1, -0.05) is 13.8 Å². The molecule has 0 saturated carbocycles. The molecule has 3 amide bonds. The van der Waals surface area contributed by atoms with Gasteiger partial charge in [0.2, 0.25) is 5.91 Å². The zero-order chi connectivity index (χ0) is 14.8. The minimum absolute atomic E-state index is 0.0821. The molecule has 0 spiro atoms. The smallest absolute Gasteiger partial charge is 0.324 e. The first kappa shape index (κ1) is 17.9. The first-order valence-electron chi connectivity index (χ1n) is 7.11. The molecule has 0 aromatic rings. The van der Waals surface area contributed by atoms with Crippen molar-refractivity contribution in [1.29, 1.82) is 0 Å². The van der Waals surface area contributed by atoms with Crippen molar-refractivity contribution in [2.45, 2.75) is 40.0 Å². The molecule has 5 nitrogen and oxygen atoms in total. The van der Waals surface area contributed by atoms with Crippen LogP contribution >= 0.6 is 0 Å². The zero-order valence-electron chi connectivity index (χ0n) is 13.0. The average Bonchev–Trinajstić information content (AvgIpc) is 2.32. The van der Waals surface area contributed by atoms with Crippen molar-refractivity contribution in [2.75, 3.05) is 33.7 Å². The lowest BCUT2D eigenvalue weighted by Crippen LogP contribution is -2.44. The van der Waals surface area contributed by atoms with Crippen molar-refractivity contribution in [3.8, 4) is 0 Å². The molecule has 0 rings (SSSR count). The number of hydrogen-bond donors (Lipinski definition) is 1. The van der Waals surface area contributed by atoms with Crippen LogP contribution in [0.25, 0.3) is 0 Å². The van der Waals surface area contributed by atoms with Gasteiger partial charge in [0.05, 0.1) is 0 Å². The monoisotopic (exact) mass is 271 g/mol. The van der Waals surface area contributed by atoms with E-state index in [4.69, 9.17) is 0 Å². The van der Waals surface area contributed by atoms with E-state index in [1.807, 2.05) is 21.0 Å². The molecule has 19 heavy (non-hydrogen) atoms. The van der Waals surface area contributed by atoms with Crippen LogP contribution in [0.3, 0.4) is 0 Å². The summed E-state index contributed by atoms with van der Waals surface area (Å²) in [6.07, 6.45) is 2.15. The van der Waals surface area contributed by atoms with Gasteiger partial charge >= 0.3 is 6.03 Å². The number of hydrogen-bond acceptors (Lipinski definition) is 3. The van der Waals surface area contributed by atoms with E-state index in [1.165, 1.54) is 4.90 Å². The molecule has 0 heterocycles. The Kier molecular flexibility index (Phi) is 9.21. The molecule has 0 unspecified atom stereocenters. The fraction of sp³-hybridized carbons (Fsp3) is 0.857. The average molecular weight is 271 g/mol. The third-order valence-corrected chi connectivity index (χ3v) is 2.86. The molecular weight excluding hydrogens is 242 g/mol. The van der Waals surface area contributed by atoms with E-state index >= 15 is 0 Å². The van der Waals surface area contributed by atoms with Gasteiger partial charge in [-0.05, 0) is 46.3 Å². The Labute approximate surface area is 117 Å². The Hall–Kier alpha value is -1.10. The lowest BCUT2D eigenvalue weighted by molar-refractivity contribution is -0.128. The van der Waals surface area contributed by atoms with Crippen molar-refractivity contribution in [2.24, 2.45) is 5.92 Å². The number of urea groups is 1. The highest BCUT2D eigenvalue weighted by Gasteiger charge is 2.18. The Morgan fingerprint density at radius 2 is 1.84 bits per heavy atom. The van der Waals surface area contributed by atoms with Crippen molar-refractivity contribution in [3.63, 3.8) is 0 Å². The van der Waals surface area contributed by atoms with Crippen LogP contribution in [-0.2, 0) is 4.79 Å². The summed E-state index contributed by atoms with van der Waals surface area (Å²) in [6.45, 7) is 7.93. The van der Waals surface area contributed by atoms with E-state index in [9.17, 15) is 9.59 Å². The number of rotatable bonds is 8. The maximum Gasteiger partial charge on any atom is 0.324 e. The van der Waals surface area contributed by atoms with Crippen LogP contribution in [0.15, 0.2) is 0 Å². The van der Waals surface area contributed by atoms with Gasteiger partial charge < -0.3 is 10.2 Å². The Morgan fingerprint density at radius 1 is 1.21 bits per heavy atom. The summed E-state index contributed by atoms with van der Waals surface area (Å²) in [4.78, 5) is 27.2. The normalized spacial score (nSPS) is 10.9. The maximum atomic E-state index is 11.9. The summed E-state index contributed by atoms with van der Waals surface area (Å²) < 4.78 is 0. The fourth-order valence-corrected chi connectivity index (χ4v) is 1.67. The first-order chi connectivity index (χ1) is 8.88. The van der Waals surface area contributed by atoms with Crippen molar-refractivity contribution in [3.05, 3.63) is 0 Å². The van der Waals surface area contributed by atoms with Crippen LogP contribution in [0.5, 0.6) is 0 Å². The molecule has 5 heteroatoms. The topological polar surface area (TPSA) is 52.7 Å². The second-order valence-electron chi connectivity index (χ2n) is 5.46. The molecule has 112 valence electrons. The van der Waals surface area contributed by atoms with E-state index in [0.717, 1.165) is 19.4 Å². The van der Waals surface area contributed by atoms with Crippen LogP contribution in [-0.4, -0.2) is 55.5 Å². The first-order valence-corrected chi connectivity index (χ1v) is 7.11. The summed E-state index contributed by atoms with van der Waals surface area (Å²) in [5.41, 5.74) is 0. The van der Waals surface area contributed by atoms with E-state index < -0.39 is 0 Å². The number of amides is 3. The van der Waals surface area contributed by atoms with Crippen LogP contribution in [0, 0.1) is 5.92 Å². The minimum Gasteiger partial charge on any atom is -0.338 e. The molecule has 0 aliphatic heterocycles. The maximum absolute atomic E-state index is 11.9. The van der Waals surface area contributed by atoms with E-state index in [0.29, 0.717) is 25.4 Å². The predicted octanol–water partition coefficient (Wildman–Crippen LogP) is 1.93.